The minimum Gasteiger partial charge on any atom is -0.392 e. The van der Waals surface area contributed by atoms with E-state index in [0.717, 1.165) is 6.42 Å². The van der Waals surface area contributed by atoms with E-state index in [2.05, 4.69) is 6.58 Å². The number of ether oxygens (including phenoxy) is 1. The third-order valence-corrected chi connectivity index (χ3v) is 8.88. The maximum absolute atomic E-state index is 13.3. The van der Waals surface area contributed by atoms with Gasteiger partial charge < -0.3 is 25.2 Å². The van der Waals surface area contributed by atoms with Crippen LogP contribution in [0.15, 0.2) is 12.2 Å². The van der Waals surface area contributed by atoms with Crippen molar-refractivity contribution in [2.24, 2.45) is 34.0 Å². The van der Waals surface area contributed by atoms with Gasteiger partial charge in [-0.15, -0.1) is 0 Å². The second-order valence-corrected chi connectivity index (χ2v) is 9.97. The van der Waals surface area contributed by atoms with Gasteiger partial charge in [-0.1, -0.05) is 20.4 Å². The summed E-state index contributed by atoms with van der Waals surface area (Å²) in [4.78, 5) is 13.3. The Bertz CT molecular complexity index is 717. The monoisotopic (exact) mass is 364 g/mol. The van der Waals surface area contributed by atoms with Crippen LogP contribution in [0.1, 0.15) is 39.5 Å². The van der Waals surface area contributed by atoms with Crippen LogP contribution in [0.2, 0.25) is 0 Å². The minimum absolute atomic E-state index is 0.0966. The summed E-state index contributed by atoms with van der Waals surface area (Å²) in [5.41, 5.74) is -2.49. The molecule has 0 amide bonds. The zero-order valence-electron chi connectivity index (χ0n) is 15.3. The summed E-state index contributed by atoms with van der Waals surface area (Å²) in [6.07, 6.45) is -0.747. The Kier molecular flexibility index (Phi) is 3.07. The molecule has 6 heteroatoms. The summed E-state index contributed by atoms with van der Waals surface area (Å²) >= 11 is 0. The lowest BCUT2D eigenvalue weighted by molar-refractivity contribution is -0.458. The number of carbonyl (C=O) groups is 1. The number of fused-ring (bicyclic) bond motifs is 2. The van der Waals surface area contributed by atoms with Crippen LogP contribution in [0.5, 0.6) is 0 Å². The average molecular weight is 364 g/mol. The van der Waals surface area contributed by atoms with Crippen molar-refractivity contribution in [3.63, 3.8) is 0 Å². The van der Waals surface area contributed by atoms with E-state index in [1.165, 1.54) is 0 Å². The molecule has 0 radical (unpaired) electrons. The number of aliphatic hydroxyl groups excluding tert-OH is 3. The fraction of sp³-hybridized carbons (Fsp3) is 0.850. The van der Waals surface area contributed by atoms with Crippen molar-refractivity contribution in [3.8, 4) is 0 Å². The van der Waals surface area contributed by atoms with Gasteiger partial charge in [0, 0.05) is 17.3 Å². The summed E-state index contributed by atoms with van der Waals surface area (Å²) in [7, 11) is 0. The summed E-state index contributed by atoms with van der Waals surface area (Å²) in [5, 5.41) is 45.1. The van der Waals surface area contributed by atoms with Gasteiger partial charge in [-0.25, -0.2) is 0 Å². The number of hydrogen-bond donors (Lipinski definition) is 4. The van der Waals surface area contributed by atoms with Crippen molar-refractivity contribution in [1.29, 1.82) is 0 Å². The molecule has 144 valence electrons. The van der Waals surface area contributed by atoms with Crippen LogP contribution in [-0.4, -0.2) is 56.9 Å². The van der Waals surface area contributed by atoms with Gasteiger partial charge in [0.1, 0.15) is 11.5 Å². The van der Waals surface area contributed by atoms with Crippen LogP contribution >= 0.6 is 0 Å². The Hall–Kier alpha value is -0.790. The van der Waals surface area contributed by atoms with E-state index >= 15 is 0 Å². The first kappa shape index (κ1) is 17.3. The summed E-state index contributed by atoms with van der Waals surface area (Å²) in [5.74, 6) is -3.80. The minimum atomic E-state index is -2.15. The molecule has 6 fully saturated rings. The second-order valence-electron chi connectivity index (χ2n) is 9.97. The molecule has 0 aromatic heterocycles. The third-order valence-electron chi connectivity index (χ3n) is 8.88. The van der Waals surface area contributed by atoms with E-state index in [-0.39, 0.29) is 12.0 Å². The Morgan fingerprint density at radius 1 is 1.12 bits per heavy atom. The van der Waals surface area contributed by atoms with Crippen molar-refractivity contribution in [3.05, 3.63) is 12.2 Å². The van der Waals surface area contributed by atoms with E-state index in [4.69, 9.17) is 4.74 Å². The molecule has 0 aromatic carbocycles. The molecule has 6 aliphatic rings. The Morgan fingerprint density at radius 2 is 1.81 bits per heavy atom. The molecule has 2 unspecified atom stereocenters. The zero-order valence-corrected chi connectivity index (χ0v) is 15.3. The lowest BCUT2D eigenvalue weighted by Crippen LogP contribution is -2.85. The molecule has 0 aromatic rings. The van der Waals surface area contributed by atoms with Gasteiger partial charge in [0.2, 0.25) is 5.79 Å². The molecule has 2 saturated heterocycles. The Balaban J connectivity index is 1.81. The van der Waals surface area contributed by atoms with E-state index in [0.29, 0.717) is 24.8 Å². The molecule has 2 spiro atoms. The average Bonchev–Trinajstić information content (AvgIpc) is 2.69. The smallest absolute Gasteiger partial charge is 0.208 e. The number of ketones is 1. The molecule has 4 N–H and O–H groups in total. The highest BCUT2D eigenvalue weighted by Crippen LogP contribution is 2.76. The Morgan fingerprint density at radius 3 is 2.50 bits per heavy atom. The number of hydrogen-bond acceptors (Lipinski definition) is 6. The fourth-order valence-corrected chi connectivity index (χ4v) is 7.90. The van der Waals surface area contributed by atoms with Gasteiger partial charge in [-0.05, 0) is 42.6 Å². The molecule has 6 rings (SSSR count). The number of rotatable bonds is 0. The molecule has 4 bridgehead atoms. The molecule has 9 atom stereocenters. The number of carbonyl (C=O) groups excluding carboxylic acids is 1. The molecule has 4 saturated carbocycles. The predicted molar refractivity (Wildman–Crippen MR) is 90.7 cm³/mol. The van der Waals surface area contributed by atoms with Crippen molar-refractivity contribution in [2.45, 2.75) is 63.6 Å². The van der Waals surface area contributed by atoms with E-state index in [1.807, 2.05) is 13.8 Å². The first-order chi connectivity index (χ1) is 12.1. The number of aliphatic hydroxyl groups is 4. The van der Waals surface area contributed by atoms with Crippen molar-refractivity contribution < 1.29 is 30.0 Å². The quantitative estimate of drug-likeness (QED) is 0.463. The first-order valence-electron chi connectivity index (χ1n) is 9.71. The fourth-order valence-electron chi connectivity index (χ4n) is 7.90. The SMILES string of the molecule is C=C1C(=O)C23C(CC[C@@H]1[C@H]2O)[C@@]12CO[C@@]3(O)[C@@H](O)[C@@H]1C(C)(C)CC[C@@H]2O. The van der Waals surface area contributed by atoms with Gasteiger partial charge in [0.15, 0.2) is 5.78 Å². The van der Waals surface area contributed by atoms with Crippen LogP contribution in [0.3, 0.4) is 0 Å². The maximum Gasteiger partial charge on any atom is 0.208 e. The molecular weight excluding hydrogens is 336 g/mol. The van der Waals surface area contributed by atoms with Crippen LogP contribution in [0.25, 0.3) is 0 Å². The molecular formula is C20H28O6. The van der Waals surface area contributed by atoms with Crippen LogP contribution in [0, 0.1) is 34.0 Å². The summed E-state index contributed by atoms with van der Waals surface area (Å²) in [6, 6.07) is 0. The molecule has 2 heterocycles. The lowest BCUT2D eigenvalue weighted by atomic mass is 9.35. The lowest BCUT2D eigenvalue weighted by Gasteiger charge is -2.74. The second kappa shape index (κ2) is 4.61. The largest absolute Gasteiger partial charge is 0.392 e. The normalized spacial score (nSPS) is 59.9. The highest BCUT2D eigenvalue weighted by molar-refractivity contribution is 6.05. The van der Waals surface area contributed by atoms with Gasteiger partial charge in [0.25, 0.3) is 0 Å². The standard InChI is InChI=1S/C20H28O6/c1-9-10-4-5-11-18-8-26-20(25,19(11,14(9)22)15(10)23)16(24)13(18)17(2,3)7-6-12(18)21/h10-13,15-16,21,23-25H,1,4-8H2,2-3H3/t10-,11?,12-,13+,15+,16-,18+,19?,20-/m0/s1. The number of Topliss-reactive ketones (excluding diaryl/α,β-unsaturated/α-hetero) is 1. The van der Waals surface area contributed by atoms with Gasteiger partial charge in [0.05, 0.1) is 18.8 Å². The topological polar surface area (TPSA) is 107 Å². The molecule has 26 heavy (non-hydrogen) atoms. The summed E-state index contributed by atoms with van der Waals surface area (Å²) in [6.45, 7) is 8.07. The third kappa shape index (κ3) is 1.41. The first-order valence-corrected chi connectivity index (χ1v) is 9.71. The van der Waals surface area contributed by atoms with E-state index in [1.54, 1.807) is 0 Å². The van der Waals surface area contributed by atoms with Crippen LogP contribution in [-0.2, 0) is 9.53 Å². The maximum atomic E-state index is 13.3. The predicted octanol–water partition coefficient (Wildman–Crippen LogP) is 0.376. The highest BCUT2D eigenvalue weighted by Gasteiger charge is 2.86. The summed E-state index contributed by atoms with van der Waals surface area (Å²) < 4.78 is 5.80. The molecule has 6 nitrogen and oxygen atoms in total. The van der Waals surface area contributed by atoms with Crippen LogP contribution < -0.4 is 0 Å². The van der Waals surface area contributed by atoms with Crippen molar-refractivity contribution >= 4 is 5.78 Å². The van der Waals surface area contributed by atoms with Crippen molar-refractivity contribution in [2.75, 3.05) is 6.61 Å². The van der Waals surface area contributed by atoms with E-state index in [9.17, 15) is 25.2 Å². The van der Waals surface area contributed by atoms with Gasteiger partial charge >= 0.3 is 0 Å². The Labute approximate surface area is 152 Å². The zero-order chi connectivity index (χ0) is 18.9. The van der Waals surface area contributed by atoms with Gasteiger partial charge in [-0.2, -0.15) is 0 Å². The molecule has 2 aliphatic heterocycles. The van der Waals surface area contributed by atoms with Crippen LogP contribution in [0.4, 0.5) is 0 Å². The molecule has 4 aliphatic carbocycles. The highest BCUT2D eigenvalue weighted by atomic mass is 16.6. The van der Waals surface area contributed by atoms with Crippen molar-refractivity contribution in [1.82, 2.24) is 0 Å². The van der Waals surface area contributed by atoms with Gasteiger partial charge in [-0.3, -0.25) is 4.79 Å². The van der Waals surface area contributed by atoms with E-state index < -0.39 is 58.5 Å².